The molecular formula is C66H46N2Si. The van der Waals surface area contributed by atoms with Crippen LogP contribution >= 0.6 is 0 Å². The van der Waals surface area contributed by atoms with Crippen molar-refractivity contribution in [2.24, 2.45) is 0 Å². The lowest BCUT2D eigenvalue weighted by molar-refractivity contribution is 1.13. The number of para-hydroxylation sites is 3. The van der Waals surface area contributed by atoms with Gasteiger partial charge in [-0.15, -0.1) is 0 Å². The Balaban J connectivity index is 1.10. The maximum atomic E-state index is 2.55. The second-order valence-corrected chi connectivity index (χ2v) is 21.7. The molecule has 0 aliphatic rings. The van der Waals surface area contributed by atoms with Gasteiger partial charge in [0.15, 0.2) is 8.07 Å². The van der Waals surface area contributed by atoms with Crippen LogP contribution in [0.25, 0.3) is 88.4 Å². The molecule has 0 bridgehead atoms. The minimum atomic E-state index is -3.02. The molecule has 0 fully saturated rings. The Kier molecular flexibility index (Phi) is 9.88. The van der Waals surface area contributed by atoms with Crippen molar-refractivity contribution in [2.45, 2.75) is 0 Å². The predicted octanol–water partition coefficient (Wildman–Crippen LogP) is 14.3. The first-order valence-electron chi connectivity index (χ1n) is 23.8. The van der Waals surface area contributed by atoms with Crippen LogP contribution in [0.4, 0.5) is 0 Å². The molecule has 0 N–H and O–H groups in total. The zero-order valence-corrected chi connectivity index (χ0v) is 39.0. The van der Waals surface area contributed by atoms with E-state index in [2.05, 4.69) is 288 Å². The highest BCUT2D eigenvalue weighted by molar-refractivity contribution is 7.20. The number of aromatic nitrogens is 2. The molecule has 324 valence electrons. The van der Waals surface area contributed by atoms with Gasteiger partial charge in [0.1, 0.15) is 0 Å². The van der Waals surface area contributed by atoms with Crippen molar-refractivity contribution in [1.29, 1.82) is 0 Å². The summed E-state index contributed by atoms with van der Waals surface area (Å²) >= 11 is 0. The van der Waals surface area contributed by atoms with Gasteiger partial charge in [0.05, 0.1) is 27.8 Å². The number of nitrogens with zero attached hydrogens (tertiary/aromatic N) is 2. The Morgan fingerprint density at radius 1 is 0.275 bits per heavy atom. The largest absolute Gasteiger partial charge is 0.307 e. The van der Waals surface area contributed by atoms with Crippen LogP contribution in [0.15, 0.2) is 279 Å². The standard InChI is InChI=1S/C66H46N2Si/c1-5-22-47(23-6-1)48-42-44-54(45-43-48)69(52-28-9-3-10-29-52,53-30-11-4-12-31-53)64-41-21-39-62-65(64)59-35-16-18-38-61(59)68(62)63-40-20-36-58-57-34-15-17-37-60(57)67(66(58)63)51-27-19-26-50(46-51)56-33-14-13-32-55(56)49-24-7-2-8-25-49/h1-46H. The van der Waals surface area contributed by atoms with Crippen molar-refractivity contribution in [2.75, 3.05) is 0 Å². The zero-order chi connectivity index (χ0) is 45.7. The highest BCUT2D eigenvalue weighted by Crippen LogP contribution is 2.41. The first-order valence-corrected chi connectivity index (χ1v) is 25.8. The molecule has 3 heteroatoms. The summed E-state index contributed by atoms with van der Waals surface area (Å²) in [5, 5.41) is 10.4. The quantitative estimate of drug-likeness (QED) is 0.101. The molecule has 0 radical (unpaired) electrons. The summed E-state index contributed by atoms with van der Waals surface area (Å²) in [6.07, 6.45) is 0. The summed E-state index contributed by atoms with van der Waals surface area (Å²) in [4.78, 5) is 0. The Bertz CT molecular complexity index is 3940. The summed E-state index contributed by atoms with van der Waals surface area (Å²) in [5.74, 6) is 0. The molecule has 0 saturated carbocycles. The fourth-order valence-corrected chi connectivity index (χ4v) is 16.3. The van der Waals surface area contributed by atoms with Gasteiger partial charge in [-0.1, -0.05) is 243 Å². The van der Waals surface area contributed by atoms with Crippen LogP contribution in [-0.4, -0.2) is 17.2 Å². The molecule has 0 amide bonds. The van der Waals surface area contributed by atoms with Crippen molar-refractivity contribution in [3.63, 3.8) is 0 Å². The van der Waals surface area contributed by atoms with Gasteiger partial charge in [-0.05, 0) is 90.5 Å². The van der Waals surface area contributed by atoms with E-state index in [1.54, 1.807) is 0 Å². The fraction of sp³-hybridized carbons (Fsp3) is 0. The molecule has 0 saturated heterocycles. The van der Waals surface area contributed by atoms with Gasteiger partial charge in [-0.3, -0.25) is 0 Å². The number of benzene rings is 11. The van der Waals surface area contributed by atoms with E-state index in [9.17, 15) is 0 Å². The lowest BCUT2D eigenvalue weighted by atomic mass is 9.94. The van der Waals surface area contributed by atoms with E-state index >= 15 is 0 Å². The molecule has 0 spiro atoms. The number of hydrogen-bond donors (Lipinski definition) is 0. The van der Waals surface area contributed by atoms with Crippen molar-refractivity contribution < 1.29 is 0 Å². The van der Waals surface area contributed by atoms with E-state index < -0.39 is 8.07 Å². The third-order valence-electron chi connectivity index (χ3n) is 14.3. The summed E-state index contributed by atoms with van der Waals surface area (Å²) in [6, 6.07) is 103. The van der Waals surface area contributed by atoms with Gasteiger partial charge in [0.25, 0.3) is 0 Å². The molecule has 69 heavy (non-hydrogen) atoms. The fourth-order valence-electron chi connectivity index (χ4n) is 11.3. The Labute approximate surface area is 403 Å². The van der Waals surface area contributed by atoms with Crippen molar-refractivity contribution >= 4 is 72.4 Å². The SMILES string of the molecule is c1ccc(-c2ccc([Si](c3ccccc3)(c3ccccc3)c3cccc4c3c3ccccc3n4-c3cccc4c5ccccc5n(-c5cccc(-c6ccccc6-c6ccccc6)c5)c34)cc2)cc1. The van der Waals surface area contributed by atoms with Crippen LogP contribution in [0.3, 0.4) is 0 Å². The Morgan fingerprint density at radius 3 is 1.42 bits per heavy atom. The lowest BCUT2D eigenvalue weighted by Gasteiger charge is -2.35. The number of hydrogen-bond acceptors (Lipinski definition) is 0. The van der Waals surface area contributed by atoms with Crippen LogP contribution in [0.2, 0.25) is 0 Å². The van der Waals surface area contributed by atoms with Crippen LogP contribution in [-0.2, 0) is 0 Å². The van der Waals surface area contributed by atoms with E-state index in [-0.39, 0.29) is 0 Å². The monoisotopic (exact) mass is 894 g/mol. The van der Waals surface area contributed by atoms with Crippen LogP contribution in [0, 0.1) is 0 Å². The van der Waals surface area contributed by atoms with Gasteiger partial charge in [-0.25, -0.2) is 0 Å². The molecule has 0 unspecified atom stereocenters. The molecule has 13 rings (SSSR count). The van der Waals surface area contributed by atoms with E-state index in [1.165, 1.54) is 97.7 Å². The third-order valence-corrected chi connectivity index (χ3v) is 19.1. The molecule has 11 aromatic carbocycles. The minimum Gasteiger partial charge on any atom is -0.307 e. The van der Waals surface area contributed by atoms with Gasteiger partial charge >= 0.3 is 0 Å². The van der Waals surface area contributed by atoms with Crippen molar-refractivity contribution in [3.8, 4) is 44.8 Å². The molecular weight excluding hydrogens is 849 g/mol. The van der Waals surface area contributed by atoms with Crippen LogP contribution < -0.4 is 20.7 Å². The molecule has 0 atom stereocenters. The molecule has 13 aromatic rings. The molecule has 2 aromatic heterocycles. The smallest absolute Gasteiger partial charge is 0.180 e. The van der Waals surface area contributed by atoms with Gasteiger partial charge < -0.3 is 9.13 Å². The summed E-state index contributed by atoms with van der Waals surface area (Å²) in [7, 11) is -3.02. The Hall–Kier alpha value is -8.76. The second-order valence-electron chi connectivity index (χ2n) is 18.0. The topological polar surface area (TPSA) is 9.86 Å². The van der Waals surface area contributed by atoms with E-state index in [4.69, 9.17) is 0 Å². The molecule has 0 aliphatic heterocycles. The zero-order valence-electron chi connectivity index (χ0n) is 38.0. The highest BCUT2D eigenvalue weighted by atomic mass is 28.3. The van der Waals surface area contributed by atoms with E-state index in [1.807, 2.05) is 0 Å². The molecule has 2 nitrogen and oxygen atoms in total. The summed E-state index contributed by atoms with van der Waals surface area (Å²) < 4.78 is 5.05. The number of fused-ring (bicyclic) bond motifs is 6. The Morgan fingerprint density at radius 2 is 0.739 bits per heavy atom. The normalized spacial score (nSPS) is 11.8. The van der Waals surface area contributed by atoms with E-state index in [0.29, 0.717) is 0 Å². The van der Waals surface area contributed by atoms with Crippen molar-refractivity contribution in [3.05, 3.63) is 279 Å². The van der Waals surface area contributed by atoms with Crippen LogP contribution in [0.1, 0.15) is 0 Å². The predicted molar refractivity (Wildman–Crippen MR) is 295 cm³/mol. The van der Waals surface area contributed by atoms with Gasteiger partial charge in [0.2, 0.25) is 0 Å². The number of rotatable bonds is 9. The van der Waals surface area contributed by atoms with E-state index in [0.717, 1.165) is 11.4 Å². The minimum absolute atomic E-state index is 1.12. The first kappa shape index (κ1) is 40.5. The molecule has 2 heterocycles. The van der Waals surface area contributed by atoms with Gasteiger partial charge in [0, 0.05) is 27.2 Å². The summed E-state index contributed by atoms with van der Waals surface area (Å²) in [5.41, 5.74) is 14.2. The lowest BCUT2D eigenvalue weighted by Crippen LogP contribution is -2.74. The average Bonchev–Trinajstić information content (AvgIpc) is 3.96. The van der Waals surface area contributed by atoms with Crippen molar-refractivity contribution in [1.82, 2.24) is 9.13 Å². The summed E-state index contributed by atoms with van der Waals surface area (Å²) in [6.45, 7) is 0. The molecule has 0 aliphatic carbocycles. The second kappa shape index (κ2) is 16.8. The third kappa shape index (κ3) is 6.54. The first-order chi connectivity index (χ1) is 34.3. The maximum Gasteiger partial charge on any atom is 0.180 e. The average molecular weight is 895 g/mol. The maximum absolute atomic E-state index is 3.02. The van der Waals surface area contributed by atoms with Gasteiger partial charge in [-0.2, -0.15) is 0 Å². The highest BCUT2D eigenvalue weighted by Gasteiger charge is 2.43. The van der Waals surface area contributed by atoms with Crippen LogP contribution in [0.5, 0.6) is 0 Å².